The number of halogens is 3. The molecule has 106 valence electrons. The van der Waals surface area contributed by atoms with Crippen LogP contribution in [0.15, 0.2) is 65.4 Å². The van der Waals surface area contributed by atoms with E-state index in [9.17, 15) is 4.39 Å². The summed E-state index contributed by atoms with van der Waals surface area (Å²) in [7, 11) is 0. The highest BCUT2D eigenvalue weighted by molar-refractivity contribution is 9.10. The Morgan fingerprint density at radius 1 is 1.05 bits per heavy atom. The smallest absolute Gasteiger partial charge is 0.137 e. The summed E-state index contributed by atoms with van der Waals surface area (Å²) in [5.41, 5.74) is 2.98. The van der Waals surface area contributed by atoms with E-state index < -0.39 is 0 Å². The number of para-hydroxylation sites is 1. The molecule has 5 heteroatoms. The van der Waals surface area contributed by atoms with Crippen molar-refractivity contribution < 1.29 is 4.39 Å². The lowest BCUT2D eigenvalue weighted by Gasteiger charge is -2.08. The molecule has 0 aliphatic heterocycles. The molecule has 0 fully saturated rings. The minimum atomic E-state index is -0.265. The van der Waals surface area contributed by atoms with Gasteiger partial charge in [-0.05, 0) is 45.8 Å². The van der Waals surface area contributed by atoms with Gasteiger partial charge in [0.2, 0.25) is 0 Å². The Bertz CT molecular complexity index is 756. The minimum absolute atomic E-state index is 0.0353. The zero-order valence-electron chi connectivity index (χ0n) is 10.9. The first-order chi connectivity index (χ1) is 10.1. The fourth-order valence-electron chi connectivity index (χ4n) is 2.05. The third kappa shape index (κ3) is 3.09. The highest BCUT2D eigenvalue weighted by atomic mass is 79.9. The maximum Gasteiger partial charge on any atom is 0.137 e. The summed E-state index contributed by atoms with van der Waals surface area (Å²) in [6.45, 7) is 0. The van der Waals surface area contributed by atoms with E-state index in [1.165, 1.54) is 6.07 Å². The van der Waals surface area contributed by atoms with Crippen molar-refractivity contribution >= 4 is 31.9 Å². The molecule has 0 amide bonds. The average Bonchev–Trinajstić information content (AvgIpc) is 3.00. The number of aromatic nitrogens is 2. The van der Waals surface area contributed by atoms with Gasteiger partial charge in [-0.1, -0.05) is 40.2 Å². The van der Waals surface area contributed by atoms with Gasteiger partial charge < -0.3 is 0 Å². The molecule has 3 rings (SSSR count). The topological polar surface area (TPSA) is 17.8 Å². The number of nitrogens with zero attached hydrogens (tertiary/aromatic N) is 2. The van der Waals surface area contributed by atoms with Crippen LogP contribution >= 0.6 is 31.9 Å². The molecular weight excluding hydrogens is 399 g/mol. The van der Waals surface area contributed by atoms with Gasteiger partial charge in [0.05, 0.1) is 21.2 Å². The van der Waals surface area contributed by atoms with Gasteiger partial charge in [0.15, 0.2) is 0 Å². The Labute approximate surface area is 138 Å². The summed E-state index contributed by atoms with van der Waals surface area (Å²) in [5.74, 6) is -0.265. The Morgan fingerprint density at radius 2 is 1.81 bits per heavy atom. The number of benzene rings is 2. The maximum absolute atomic E-state index is 13.3. The molecule has 21 heavy (non-hydrogen) atoms. The second-order valence-electron chi connectivity index (χ2n) is 4.59. The second kappa shape index (κ2) is 6.12. The van der Waals surface area contributed by atoms with E-state index in [0.717, 1.165) is 16.8 Å². The van der Waals surface area contributed by atoms with E-state index in [1.54, 1.807) is 12.1 Å². The molecule has 0 spiro atoms. The van der Waals surface area contributed by atoms with Crippen LogP contribution in [0, 0.1) is 5.82 Å². The fourth-order valence-corrected chi connectivity index (χ4v) is 2.97. The number of hydrogen-bond acceptors (Lipinski definition) is 1. The van der Waals surface area contributed by atoms with E-state index in [0.29, 0.717) is 4.47 Å². The molecule has 0 saturated heterocycles. The Kier molecular flexibility index (Phi) is 4.22. The Hall–Kier alpha value is -1.46. The molecule has 0 aliphatic carbocycles. The summed E-state index contributed by atoms with van der Waals surface area (Å²) in [6, 6.07) is 14.9. The van der Waals surface area contributed by atoms with Crippen LogP contribution in [0.3, 0.4) is 0 Å². The molecule has 1 heterocycles. The van der Waals surface area contributed by atoms with Crippen molar-refractivity contribution in [1.29, 1.82) is 0 Å². The van der Waals surface area contributed by atoms with Crippen LogP contribution in [0.5, 0.6) is 0 Å². The number of rotatable bonds is 3. The zero-order valence-corrected chi connectivity index (χ0v) is 14.1. The first-order valence-electron chi connectivity index (χ1n) is 6.34. The van der Waals surface area contributed by atoms with Crippen LogP contribution in [0.1, 0.15) is 16.0 Å². The minimum Gasteiger partial charge on any atom is -0.241 e. The molecule has 0 aliphatic rings. The molecule has 0 bridgehead atoms. The maximum atomic E-state index is 13.3. The summed E-state index contributed by atoms with van der Waals surface area (Å²) < 4.78 is 15.6. The van der Waals surface area contributed by atoms with Gasteiger partial charge in [0.1, 0.15) is 5.82 Å². The molecular formula is C16H11Br2FN2. The quantitative estimate of drug-likeness (QED) is 0.539. The first-order valence-corrected chi connectivity index (χ1v) is 8.05. The SMILES string of the molecule is Fc1ccc(C(Br)c2cnn(-c3ccccc3)c2)cc1Br. The third-order valence-electron chi connectivity index (χ3n) is 3.15. The van der Waals surface area contributed by atoms with Gasteiger partial charge in [0, 0.05) is 11.8 Å². The predicted molar refractivity (Wildman–Crippen MR) is 88.4 cm³/mol. The normalized spacial score (nSPS) is 12.3. The molecule has 1 atom stereocenters. The van der Waals surface area contributed by atoms with Crippen molar-refractivity contribution in [1.82, 2.24) is 9.78 Å². The summed E-state index contributed by atoms with van der Waals surface area (Å²) in [5, 5.41) is 4.37. The number of alkyl halides is 1. The molecule has 2 aromatic carbocycles. The average molecular weight is 410 g/mol. The molecule has 1 aromatic heterocycles. The van der Waals surface area contributed by atoms with Gasteiger partial charge in [-0.15, -0.1) is 0 Å². The van der Waals surface area contributed by atoms with E-state index in [4.69, 9.17) is 0 Å². The number of hydrogen-bond donors (Lipinski definition) is 0. The lowest BCUT2D eigenvalue weighted by Crippen LogP contribution is -1.94. The third-order valence-corrected chi connectivity index (χ3v) is 4.82. The van der Waals surface area contributed by atoms with Crippen LogP contribution in [-0.2, 0) is 0 Å². The summed E-state index contributed by atoms with van der Waals surface area (Å²) in [6.07, 6.45) is 3.77. The highest BCUT2D eigenvalue weighted by Gasteiger charge is 2.14. The van der Waals surface area contributed by atoms with E-state index in [1.807, 2.05) is 47.4 Å². The summed E-state index contributed by atoms with van der Waals surface area (Å²) in [4.78, 5) is -0.0353. The Balaban J connectivity index is 1.90. The summed E-state index contributed by atoms with van der Waals surface area (Å²) >= 11 is 6.85. The van der Waals surface area contributed by atoms with E-state index in [-0.39, 0.29) is 10.6 Å². The highest BCUT2D eigenvalue weighted by Crippen LogP contribution is 2.32. The van der Waals surface area contributed by atoms with Crippen LogP contribution in [0.2, 0.25) is 0 Å². The van der Waals surface area contributed by atoms with Crippen molar-refractivity contribution in [3.05, 3.63) is 82.3 Å². The van der Waals surface area contributed by atoms with Gasteiger partial charge in [-0.25, -0.2) is 9.07 Å². The van der Waals surface area contributed by atoms with Gasteiger partial charge >= 0.3 is 0 Å². The molecule has 0 radical (unpaired) electrons. The van der Waals surface area contributed by atoms with Crippen LogP contribution in [-0.4, -0.2) is 9.78 Å². The molecule has 0 N–H and O–H groups in total. The lowest BCUT2D eigenvalue weighted by molar-refractivity contribution is 0.620. The van der Waals surface area contributed by atoms with E-state index in [2.05, 4.69) is 37.0 Å². The molecule has 3 aromatic rings. The standard InChI is InChI=1S/C16H11Br2FN2/c17-14-8-11(6-7-15(14)19)16(18)12-9-20-21(10-12)13-4-2-1-3-5-13/h1-10,16H. The van der Waals surface area contributed by atoms with Gasteiger partial charge in [-0.3, -0.25) is 0 Å². The second-order valence-corrected chi connectivity index (χ2v) is 6.36. The predicted octanol–water partition coefficient (Wildman–Crippen LogP) is 5.26. The Morgan fingerprint density at radius 3 is 2.52 bits per heavy atom. The zero-order chi connectivity index (χ0) is 14.8. The van der Waals surface area contributed by atoms with Crippen molar-refractivity contribution in [2.24, 2.45) is 0 Å². The molecule has 2 nitrogen and oxygen atoms in total. The monoisotopic (exact) mass is 408 g/mol. The fraction of sp³-hybridized carbons (Fsp3) is 0.0625. The largest absolute Gasteiger partial charge is 0.241 e. The van der Waals surface area contributed by atoms with E-state index >= 15 is 0 Å². The lowest BCUT2D eigenvalue weighted by atomic mass is 10.1. The van der Waals surface area contributed by atoms with Crippen molar-refractivity contribution in [2.45, 2.75) is 4.83 Å². The molecule has 1 unspecified atom stereocenters. The van der Waals surface area contributed by atoms with Gasteiger partial charge in [0.25, 0.3) is 0 Å². The van der Waals surface area contributed by atoms with Crippen LogP contribution < -0.4 is 0 Å². The van der Waals surface area contributed by atoms with Crippen LogP contribution in [0.4, 0.5) is 4.39 Å². The van der Waals surface area contributed by atoms with Crippen LogP contribution in [0.25, 0.3) is 5.69 Å². The molecule has 0 saturated carbocycles. The van der Waals surface area contributed by atoms with Crippen molar-refractivity contribution in [3.63, 3.8) is 0 Å². The van der Waals surface area contributed by atoms with Crippen molar-refractivity contribution in [2.75, 3.05) is 0 Å². The van der Waals surface area contributed by atoms with Gasteiger partial charge in [-0.2, -0.15) is 5.10 Å². The first kappa shape index (κ1) is 14.5. The van der Waals surface area contributed by atoms with Crippen molar-refractivity contribution in [3.8, 4) is 5.69 Å².